The average Bonchev–Trinajstić information content (AvgIpc) is 1.99. The zero-order chi connectivity index (χ0) is 9.30. The maximum absolute atomic E-state index is 2.37. The molecule has 0 heteroatoms. The highest BCUT2D eigenvalue weighted by atomic mass is 14.3. The van der Waals surface area contributed by atoms with Crippen molar-refractivity contribution in [3.05, 3.63) is 11.1 Å². The highest BCUT2D eigenvalue weighted by Gasteiger charge is 2.23. The summed E-state index contributed by atoms with van der Waals surface area (Å²) in [6.07, 6.45) is 2.74. The molecule has 0 aliphatic heterocycles. The minimum atomic E-state index is 0.825. The normalized spacial score (nSPS) is 31.5. The van der Waals surface area contributed by atoms with E-state index < -0.39 is 0 Å². The lowest BCUT2D eigenvalue weighted by Crippen LogP contribution is -2.19. The Morgan fingerprint density at radius 3 is 2.25 bits per heavy atom. The van der Waals surface area contributed by atoms with Gasteiger partial charge in [-0.1, -0.05) is 31.9 Å². The van der Waals surface area contributed by atoms with E-state index in [0.29, 0.717) is 0 Å². The molecule has 2 atom stereocenters. The molecule has 0 N–H and O–H groups in total. The van der Waals surface area contributed by atoms with Crippen LogP contribution in [0.25, 0.3) is 0 Å². The fraction of sp³-hybridized carbons (Fsp3) is 0.833. The third-order valence-corrected chi connectivity index (χ3v) is 3.58. The SMILES string of the molecule is CC1=C(C)C(C)CC(C(C)C)C1. The van der Waals surface area contributed by atoms with Gasteiger partial charge >= 0.3 is 0 Å². The lowest BCUT2D eigenvalue weighted by atomic mass is 9.74. The molecule has 0 spiro atoms. The first-order chi connectivity index (χ1) is 5.52. The fourth-order valence-electron chi connectivity index (χ4n) is 2.20. The smallest absolute Gasteiger partial charge is 0.0229 e. The van der Waals surface area contributed by atoms with E-state index >= 15 is 0 Å². The van der Waals surface area contributed by atoms with Crippen LogP contribution in [0.1, 0.15) is 47.5 Å². The van der Waals surface area contributed by atoms with Crippen molar-refractivity contribution in [2.75, 3.05) is 0 Å². The van der Waals surface area contributed by atoms with Gasteiger partial charge < -0.3 is 0 Å². The Balaban J connectivity index is 2.71. The second-order valence-corrected chi connectivity index (χ2v) is 4.81. The van der Waals surface area contributed by atoms with Crippen molar-refractivity contribution in [1.82, 2.24) is 0 Å². The summed E-state index contributed by atoms with van der Waals surface area (Å²) in [4.78, 5) is 0. The van der Waals surface area contributed by atoms with E-state index in [4.69, 9.17) is 0 Å². The Bertz CT molecular complexity index is 186. The predicted molar refractivity (Wildman–Crippen MR) is 55.1 cm³/mol. The molecule has 0 amide bonds. The zero-order valence-corrected chi connectivity index (χ0v) is 9.15. The molecule has 0 fully saturated rings. The lowest BCUT2D eigenvalue weighted by molar-refractivity contribution is 0.301. The van der Waals surface area contributed by atoms with Gasteiger partial charge in [0.15, 0.2) is 0 Å². The molecule has 0 bridgehead atoms. The van der Waals surface area contributed by atoms with Crippen LogP contribution >= 0.6 is 0 Å². The van der Waals surface area contributed by atoms with E-state index in [1.165, 1.54) is 12.8 Å². The first kappa shape index (κ1) is 9.83. The summed E-state index contributed by atoms with van der Waals surface area (Å²) in [6.45, 7) is 11.7. The van der Waals surface area contributed by atoms with Crippen molar-refractivity contribution in [1.29, 1.82) is 0 Å². The van der Waals surface area contributed by atoms with E-state index in [1.54, 1.807) is 11.1 Å². The number of allylic oxidation sites excluding steroid dienone is 2. The van der Waals surface area contributed by atoms with Crippen molar-refractivity contribution < 1.29 is 0 Å². The highest BCUT2D eigenvalue weighted by Crippen LogP contribution is 2.36. The molecule has 70 valence electrons. The van der Waals surface area contributed by atoms with E-state index in [9.17, 15) is 0 Å². The van der Waals surface area contributed by atoms with Gasteiger partial charge in [0, 0.05) is 0 Å². The maximum Gasteiger partial charge on any atom is -0.0229 e. The Hall–Kier alpha value is -0.260. The first-order valence-electron chi connectivity index (χ1n) is 5.18. The molecular weight excluding hydrogens is 144 g/mol. The second kappa shape index (κ2) is 3.64. The lowest BCUT2D eigenvalue weighted by Gasteiger charge is -2.31. The molecule has 0 saturated heterocycles. The standard InChI is InChI=1S/C12H22/c1-8(2)12-6-9(3)11(5)10(4)7-12/h8-9,12H,6-7H2,1-5H3. The third-order valence-electron chi connectivity index (χ3n) is 3.58. The summed E-state index contributed by atoms with van der Waals surface area (Å²) in [5, 5.41) is 0. The molecule has 0 aromatic heterocycles. The van der Waals surface area contributed by atoms with Gasteiger partial charge in [0.05, 0.1) is 0 Å². The molecule has 0 nitrogen and oxygen atoms in total. The molecule has 0 radical (unpaired) electrons. The minimum Gasteiger partial charge on any atom is -0.0738 e. The summed E-state index contributed by atoms with van der Waals surface area (Å²) < 4.78 is 0. The van der Waals surface area contributed by atoms with Crippen LogP contribution in [-0.2, 0) is 0 Å². The zero-order valence-electron chi connectivity index (χ0n) is 9.15. The van der Waals surface area contributed by atoms with Crippen LogP contribution in [0.2, 0.25) is 0 Å². The van der Waals surface area contributed by atoms with E-state index in [0.717, 1.165) is 17.8 Å². The molecule has 0 heterocycles. The highest BCUT2D eigenvalue weighted by molar-refractivity contribution is 5.16. The Morgan fingerprint density at radius 1 is 1.25 bits per heavy atom. The Morgan fingerprint density at radius 2 is 1.83 bits per heavy atom. The summed E-state index contributed by atoms with van der Waals surface area (Å²) in [5.74, 6) is 2.62. The van der Waals surface area contributed by atoms with Crippen molar-refractivity contribution >= 4 is 0 Å². The quantitative estimate of drug-likeness (QED) is 0.516. The van der Waals surface area contributed by atoms with Crippen molar-refractivity contribution in [3.8, 4) is 0 Å². The second-order valence-electron chi connectivity index (χ2n) is 4.81. The molecular formula is C12H22. The van der Waals surface area contributed by atoms with Crippen LogP contribution in [0, 0.1) is 17.8 Å². The summed E-state index contributed by atoms with van der Waals surface area (Å²) in [6, 6.07) is 0. The van der Waals surface area contributed by atoms with Crippen LogP contribution in [0.3, 0.4) is 0 Å². The van der Waals surface area contributed by atoms with Gasteiger partial charge in [-0.2, -0.15) is 0 Å². The molecule has 1 aliphatic rings. The number of hydrogen-bond acceptors (Lipinski definition) is 0. The summed E-state index contributed by atoms with van der Waals surface area (Å²) in [7, 11) is 0. The predicted octanol–water partition coefficient (Wildman–Crippen LogP) is 4.02. The Labute approximate surface area is 77.1 Å². The molecule has 1 aliphatic carbocycles. The topological polar surface area (TPSA) is 0 Å². The van der Waals surface area contributed by atoms with Crippen molar-refractivity contribution in [2.45, 2.75) is 47.5 Å². The van der Waals surface area contributed by atoms with Gasteiger partial charge in [-0.15, -0.1) is 0 Å². The van der Waals surface area contributed by atoms with Gasteiger partial charge in [-0.05, 0) is 44.4 Å². The summed E-state index contributed by atoms with van der Waals surface area (Å²) >= 11 is 0. The molecule has 0 aromatic carbocycles. The molecule has 1 rings (SSSR count). The monoisotopic (exact) mass is 166 g/mol. The van der Waals surface area contributed by atoms with Crippen LogP contribution in [0.4, 0.5) is 0 Å². The third kappa shape index (κ3) is 1.91. The largest absolute Gasteiger partial charge is 0.0738 e. The molecule has 0 saturated carbocycles. The van der Waals surface area contributed by atoms with Gasteiger partial charge in [-0.25, -0.2) is 0 Å². The maximum atomic E-state index is 2.37. The number of rotatable bonds is 1. The van der Waals surface area contributed by atoms with Crippen LogP contribution in [-0.4, -0.2) is 0 Å². The van der Waals surface area contributed by atoms with E-state index in [-0.39, 0.29) is 0 Å². The van der Waals surface area contributed by atoms with Crippen LogP contribution in [0.15, 0.2) is 11.1 Å². The average molecular weight is 166 g/mol. The van der Waals surface area contributed by atoms with E-state index in [2.05, 4.69) is 34.6 Å². The molecule has 0 aromatic rings. The Kier molecular flexibility index (Phi) is 2.98. The fourth-order valence-corrected chi connectivity index (χ4v) is 2.20. The van der Waals surface area contributed by atoms with Gasteiger partial charge in [0.2, 0.25) is 0 Å². The van der Waals surface area contributed by atoms with Crippen molar-refractivity contribution in [3.63, 3.8) is 0 Å². The number of hydrogen-bond donors (Lipinski definition) is 0. The molecule has 12 heavy (non-hydrogen) atoms. The van der Waals surface area contributed by atoms with Gasteiger partial charge in [0.25, 0.3) is 0 Å². The van der Waals surface area contributed by atoms with Gasteiger partial charge in [0.1, 0.15) is 0 Å². The summed E-state index contributed by atoms with van der Waals surface area (Å²) in [5.41, 5.74) is 3.29. The minimum absolute atomic E-state index is 0.825. The van der Waals surface area contributed by atoms with Crippen LogP contribution < -0.4 is 0 Å². The van der Waals surface area contributed by atoms with E-state index in [1.807, 2.05) is 0 Å². The van der Waals surface area contributed by atoms with Gasteiger partial charge in [-0.3, -0.25) is 0 Å². The first-order valence-corrected chi connectivity index (χ1v) is 5.18. The van der Waals surface area contributed by atoms with Crippen LogP contribution in [0.5, 0.6) is 0 Å². The molecule has 2 unspecified atom stereocenters. The van der Waals surface area contributed by atoms with Crippen molar-refractivity contribution in [2.24, 2.45) is 17.8 Å².